The zero-order valence-electron chi connectivity index (χ0n) is 15.7. The molecular weight excluding hydrogens is 340 g/mol. The van der Waals surface area contributed by atoms with Crippen molar-refractivity contribution >= 4 is 23.2 Å². The number of hydrogen-bond acceptors (Lipinski definition) is 4. The van der Waals surface area contributed by atoms with Gasteiger partial charge in [0.1, 0.15) is 0 Å². The molecule has 2 aromatic carbocycles. The summed E-state index contributed by atoms with van der Waals surface area (Å²) in [5.74, 6) is -0.893. The van der Waals surface area contributed by atoms with Crippen LogP contribution in [0.4, 0.5) is 11.4 Å². The van der Waals surface area contributed by atoms with Crippen molar-refractivity contribution < 1.29 is 14.4 Å². The summed E-state index contributed by atoms with van der Waals surface area (Å²) < 4.78 is 0. The molecule has 2 heterocycles. The lowest BCUT2D eigenvalue weighted by molar-refractivity contribution is -0.126. The second kappa shape index (κ2) is 7.16. The zero-order valence-corrected chi connectivity index (χ0v) is 15.7. The van der Waals surface area contributed by atoms with Crippen LogP contribution < -0.4 is 9.96 Å². The third-order valence-corrected chi connectivity index (χ3v) is 5.36. The van der Waals surface area contributed by atoms with E-state index in [4.69, 9.17) is 4.84 Å². The third kappa shape index (κ3) is 3.02. The number of amides is 2. The monoisotopic (exact) mass is 364 g/mol. The fraction of sp³-hybridized carbons (Fsp3) is 0.364. The molecule has 0 N–H and O–H groups in total. The molecule has 0 saturated carbocycles. The molecule has 2 fully saturated rings. The highest BCUT2D eigenvalue weighted by molar-refractivity contribution is 6.23. The lowest BCUT2D eigenvalue weighted by atomic mass is 9.92. The molecule has 27 heavy (non-hydrogen) atoms. The molecule has 0 aromatic heterocycles. The number of imide groups is 1. The molecule has 0 unspecified atom stereocenters. The molecule has 2 amide bonds. The van der Waals surface area contributed by atoms with E-state index in [1.807, 2.05) is 55.5 Å². The molecule has 3 atom stereocenters. The molecule has 0 aliphatic carbocycles. The molecule has 5 heteroatoms. The number of unbranched alkanes of at least 4 members (excludes halogenated alkanes) is 1. The molecule has 2 aliphatic heterocycles. The van der Waals surface area contributed by atoms with Gasteiger partial charge in [-0.1, -0.05) is 50.1 Å². The lowest BCUT2D eigenvalue weighted by Gasteiger charge is -2.28. The minimum atomic E-state index is -0.750. The van der Waals surface area contributed by atoms with E-state index >= 15 is 0 Å². The minimum absolute atomic E-state index is 0.136. The third-order valence-electron chi connectivity index (χ3n) is 5.36. The maximum Gasteiger partial charge on any atom is 0.266 e. The summed E-state index contributed by atoms with van der Waals surface area (Å²) in [4.78, 5) is 33.7. The Labute approximate surface area is 159 Å². The molecular formula is C22H24N2O3. The summed E-state index contributed by atoms with van der Waals surface area (Å²) in [6.45, 7) is 4.08. The van der Waals surface area contributed by atoms with Crippen LogP contribution in [0.15, 0.2) is 54.6 Å². The smallest absolute Gasteiger partial charge is 0.266 e. The van der Waals surface area contributed by atoms with Gasteiger partial charge in [0, 0.05) is 0 Å². The Morgan fingerprint density at radius 3 is 2.41 bits per heavy atom. The lowest BCUT2D eigenvalue weighted by Crippen LogP contribution is -2.40. The highest BCUT2D eigenvalue weighted by atomic mass is 16.7. The number of nitrogens with zero attached hydrogens (tertiary/aromatic N) is 2. The largest absolute Gasteiger partial charge is 0.273 e. The van der Waals surface area contributed by atoms with E-state index in [0.29, 0.717) is 5.69 Å². The van der Waals surface area contributed by atoms with E-state index in [1.165, 1.54) is 4.90 Å². The van der Waals surface area contributed by atoms with Gasteiger partial charge in [0.2, 0.25) is 5.91 Å². The maximum absolute atomic E-state index is 13.3. The number of hydroxylamine groups is 1. The number of para-hydroxylation sites is 1. The molecule has 0 radical (unpaired) electrons. The summed E-state index contributed by atoms with van der Waals surface area (Å²) in [6.07, 6.45) is 2.07. The van der Waals surface area contributed by atoms with Crippen LogP contribution in [-0.2, 0) is 14.4 Å². The number of fused-ring (bicyclic) bond motifs is 1. The Kier molecular flexibility index (Phi) is 4.70. The molecule has 2 aromatic rings. The number of anilines is 2. The van der Waals surface area contributed by atoms with Crippen molar-refractivity contribution in [1.29, 1.82) is 0 Å². The minimum Gasteiger partial charge on any atom is -0.273 e. The van der Waals surface area contributed by atoms with Crippen molar-refractivity contribution in [2.45, 2.75) is 45.3 Å². The van der Waals surface area contributed by atoms with Gasteiger partial charge in [0.15, 0.2) is 6.10 Å². The predicted octanol–water partition coefficient (Wildman–Crippen LogP) is 3.86. The molecule has 140 valence electrons. The van der Waals surface area contributed by atoms with Crippen LogP contribution in [0.5, 0.6) is 0 Å². The van der Waals surface area contributed by atoms with E-state index in [2.05, 4.69) is 6.92 Å². The molecule has 4 rings (SSSR count). The van der Waals surface area contributed by atoms with Gasteiger partial charge in [-0.25, -0.2) is 9.96 Å². The topological polar surface area (TPSA) is 49.9 Å². The molecule has 0 spiro atoms. The number of rotatable bonds is 5. The number of benzene rings is 2. The van der Waals surface area contributed by atoms with Crippen molar-refractivity contribution in [2.75, 3.05) is 9.96 Å². The van der Waals surface area contributed by atoms with Gasteiger partial charge in [-0.2, -0.15) is 0 Å². The number of hydrogen-bond donors (Lipinski definition) is 0. The van der Waals surface area contributed by atoms with Gasteiger partial charge in [0.05, 0.1) is 23.3 Å². The summed E-state index contributed by atoms with van der Waals surface area (Å²) >= 11 is 0. The normalized spacial score (nSPS) is 24.6. The van der Waals surface area contributed by atoms with Crippen LogP contribution in [0.1, 0.15) is 31.7 Å². The Bertz CT molecular complexity index is 852. The first kappa shape index (κ1) is 17.7. The van der Waals surface area contributed by atoms with Crippen LogP contribution in [0.2, 0.25) is 0 Å². The standard InChI is InChI=1S/C22H24N2O3/c1-3-4-13-18-19-20(27-24(18)16-10-6-5-7-11-16)22(26)23(21(19)25)17-12-8-9-15(2)14-17/h5-12,14,18-20H,3-4,13H2,1-2H3/t18-,19+,20-/m1/s1. The summed E-state index contributed by atoms with van der Waals surface area (Å²) in [5.41, 5.74) is 2.53. The second-order valence-electron chi connectivity index (χ2n) is 7.27. The Balaban J connectivity index is 1.68. The van der Waals surface area contributed by atoms with Gasteiger partial charge >= 0.3 is 0 Å². The van der Waals surface area contributed by atoms with E-state index in [0.717, 1.165) is 30.5 Å². The van der Waals surface area contributed by atoms with E-state index < -0.39 is 12.0 Å². The van der Waals surface area contributed by atoms with E-state index in [9.17, 15) is 9.59 Å². The van der Waals surface area contributed by atoms with Crippen molar-refractivity contribution in [3.8, 4) is 0 Å². The maximum atomic E-state index is 13.3. The van der Waals surface area contributed by atoms with Gasteiger partial charge in [0.25, 0.3) is 5.91 Å². The average molecular weight is 364 g/mol. The Hall–Kier alpha value is -2.66. The van der Waals surface area contributed by atoms with Crippen LogP contribution in [0.3, 0.4) is 0 Å². The SMILES string of the molecule is CCCC[C@@H]1[C@@H]2C(=O)N(c3cccc(C)c3)C(=O)[C@@H]2ON1c1ccccc1. The van der Waals surface area contributed by atoms with Crippen LogP contribution in [-0.4, -0.2) is 24.0 Å². The molecule has 5 nitrogen and oxygen atoms in total. The zero-order chi connectivity index (χ0) is 19.0. The Morgan fingerprint density at radius 1 is 0.963 bits per heavy atom. The van der Waals surface area contributed by atoms with Crippen LogP contribution in [0.25, 0.3) is 0 Å². The average Bonchev–Trinajstić information content (AvgIpc) is 3.17. The van der Waals surface area contributed by atoms with Crippen LogP contribution in [0, 0.1) is 12.8 Å². The first-order valence-corrected chi connectivity index (χ1v) is 9.57. The predicted molar refractivity (Wildman–Crippen MR) is 104 cm³/mol. The number of aryl methyl sites for hydroxylation is 1. The van der Waals surface area contributed by atoms with Gasteiger partial charge < -0.3 is 0 Å². The quantitative estimate of drug-likeness (QED) is 0.756. The fourth-order valence-corrected chi connectivity index (χ4v) is 4.05. The molecule has 2 aliphatic rings. The summed E-state index contributed by atoms with van der Waals surface area (Å²) in [7, 11) is 0. The van der Waals surface area contributed by atoms with Gasteiger partial charge in [-0.05, 0) is 43.2 Å². The highest BCUT2D eigenvalue weighted by Gasteiger charge is 2.59. The van der Waals surface area contributed by atoms with E-state index in [-0.39, 0.29) is 17.9 Å². The van der Waals surface area contributed by atoms with E-state index in [1.54, 1.807) is 11.1 Å². The summed E-state index contributed by atoms with van der Waals surface area (Å²) in [6, 6.07) is 17.1. The number of carbonyl (C=O) groups is 2. The highest BCUT2D eigenvalue weighted by Crippen LogP contribution is 2.41. The first-order chi connectivity index (χ1) is 13.1. The van der Waals surface area contributed by atoms with Crippen LogP contribution >= 0.6 is 0 Å². The van der Waals surface area contributed by atoms with Gasteiger partial charge in [-0.3, -0.25) is 14.4 Å². The van der Waals surface area contributed by atoms with Crippen molar-refractivity contribution in [2.24, 2.45) is 5.92 Å². The van der Waals surface area contributed by atoms with Gasteiger partial charge in [-0.15, -0.1) is 0 Å². The second-order valence-corrected chi connectivity index (χ2v) is 7.27. The fourth-order valence-electron chi connectivity index (χ4n) is 4.05. The molecule has 2 saturated heterocycles. The van der Waals surface area contributed by atoms with Crippen molar-refractivity contribution in [3.63, 3.8) is 0 Å². The number of carbonyl (C=O) groups excluding carboxylic acids is 2. The van der Waals surface area contributed by atoms with Crippen molar-refractivity contribution in [1.82, 2.24) is 0 Å². The Morgan fingerprint density at radius 2 is 1.70 bits per heavy atom. The molecule has 0 bridgehead atoms. The first-order valence-electron chi connectivity index (χ1n) is 9.57. The van der Waals surface area contributed by atoms with Crippen molar-refractivity contribution in [3.05, 3.63) is 60.2 Å². The summed E-state index contributed by atoms with van der Waals surface area (Å²) in [5, 5.41) is 1.79.